The van der Waals surface area contributed by atoms with E-state index in [1.165, 1.54) is 67.2 Å². The zero-order chi connectivity index (χ0) is 39.5. The van der Waals surface area contributed by atoms with Crippen LogP contribution in [-0.2, 0) is 17.8 Å². The molecule has 1 unspecified atom stereocenters. The molecule has 288 valence electrons. The number of hydrogen-bond donors (Lipinski definition) is 2. The molecule has 0 saturated heterocycles. The number of nitrogens with two attached hydrogens (primary N) is 1. The number of hydrogen-bond acceptors (Lipinski definition) is 5. The minimum Gasteiger partial charge on any atom is -0.383 e. The third-order valence-corrected chi connectivity index (χ3v) is 7.88. The molecule has 5 heteroatoms. The first-order valence-electron chi connectivity index (χ1n) is 19.8. The number of pyridine rings is 1. The Bertz CT molecular complexity index is 1240. The molecule has 3 N–H and O–H groups in total. The normalized spacial score (nSPS) is 13.9. The number of carbonyl (C=O) groups is 1. The first kappa shape index (κ1) is 51.8. The van der Waals surface area contributed by atoms with Crippen molar-refractivity contribution in [2.45, 2.75) is 153 Å². The number of likely N-dealkylation sites (N-methyl/N-ethyl adjacent to an activating group) is 1. The number of allylic oxidation sites excluding steroid dienone is 3. The Kier molecular flexibility index (Phi) is 36.8. The van der Waals surface area contributed by atoms with Crippen LogP contribution in [0.5, 0.6) is 0 Å². The van der Waals surface area contributed by atoms with E-state index in [2.05, 4.69) is 100 Å². The van der Waals surface area contributed by atoms with E-state index in [0.29, 0.717) is 30.6 Å². The van der Waals surface area contributed by atoms with Gasteiger partial charge in [0.15, 0.2) is 6.29 Å². The van der Waals surface area contributed by atoms with Gasteiger partial charge in [0.05, 0.1) is 18.3 Å². The van der Waals surface area contributed by atoms with Gasteiger partial charge >= 0.3 is 0 Å². The fraction of sp³-hybridized carbons (Fsp3) is 0.522. The number of benzene rings is 2. The van der Waals surface area contributed by atoms with E-state index < -0.39 is 0 Å². The SMILES string of the molecule is C=C/C(=C\C)c1cnc(N)c(C=O)c1.CC.CC.CC.CCCC.CCCC.CCc1ccc(-c2ccc(COC3CCC[C@@H]3NC)cc2)cc1. The molecule has 5 nitrogen and oxygen atoms in total. The number of nitrogen functional groups attached to an aromatic ring is 1. The summed E-state index contributed by atoms with van der Waals surface area (Å²) in [6, 6.07) is 19.8. The van der Waals surface area contributed by atoms with Crippen LogP contribution in [-0.4, -0.2) is 30.5 Å². The van der Waals surface area contributed by atoms with Crippen molar-refractivity contribution >= 4 is 17.7 Å². The number of unbranched alkanes of at least 4 members (excludes halogenated alkanes) is 2. The van der Waals surface area contributed by atoms with Gasteiger partial charge in [0.1, 0.15) is 5.82 Å². The van der Waals surface area contributed by atoms with Gasteiger partial charge in [-0.1, -0.05) is 169 Å². The van der Waals surface area contributed by atoms with Crippen molar-refractivity contribution < 1.29 is 9.53 Å². The largest absolute Gasteiger partial charge is 0.383 e. The van der Waals surface area contributed by atoms with Crippen molar-refractivity contribution in [3.05, 3.63) is 102 Å². The van der Waals surface area contributed by atoms with Gasteiger partial charge in [-0.2, -0.15) is 0 Å². The molecule has 51 heavy (non-hydrogen) atoms. The third kappa shape index (κ3) is 22.1. The molecule has 2 aromatic carbocycles. The predicted octanol–water partition coefficient (Wildman–Crippen LogP) is 13.3. The molecule has 0 bridgehead atoms. The summed E-state index contributed by atoms with van der Waals surface area (Å²) in [5.41, 5.74) is 12.9. The maximum atomic E-state index is 10.6. The minimum absolute atomic E-state index is 0.253. The highest BCUT2D eigenvalue weighted by atomic mass is 16.5. The zero-order valence-electron chi connectivity index (χ0n) is 35.1. The lowest BCUT2D eigenvalue weighted by atomic mass is 10.0. The molecular formula is C46H77N3O2. The van der Waals surface area contributed by atoms with E-state index in [-0.39, 0.29) is 5.82 Å². The molecule has 1 aliphatic carbocycles. The molecule has 0 aliphatic heterocycles. The second-order valence-corrected chi connectivity index (χ2v) is 11.2. The summed E-state index contributed by atoms with van der Waals surface area (Å²) in [5.74, 6) is 0.253. The molecule has 1 saturated carbocycles. The lowest BCUT2D eigenvalue weighted by Gasteiger charge is -2.19. The Morgan fingerprint density at radius 3 is 1.73 bits per heavy atom. The van der Waals surface area contributed by atoms with Crippen molar-refractivity contribution in [2.24, 2.45) is 0 Å². The molecule has 2 atom stereocenters. The molecule has 0 spiro atoms. The zero-order valence-corrected chi connectivity index (χ0v) is 35.1. The van der Waals surface area contributed by atoms with Gasteiger partial charge in [-0.3, -0.25) is 4.79 Å². The second-order valence-electron chi connectivity index (χ2n) is 11.2. The van der Waals surface area contributed by atoms with Crippen LogP contribution in [0.1, 0.15) is 155 Å². The van der Waals surface area contributed by atoms with Crippen LogP contribution in [0.4, 0.5) is 5.82 Å². The molecule has 1 aromatic heterocycles. The Hall–Kier alpha value is -3.54. The van der Waals surface area contributed by atoms with E-state index in [0.717, 1.165) is 17.6 Å². The average Bonchev–Trinajstić information content (AvgIpc) is 3.69. The molecule has 3 aromatic rings. The number of carbonyl (C=O) groups excluding carboxylic acids is 1. The molecule has 0 amide bonds. The maximum Gasteiger partial charge on any atom is 0.153 e. The van der Waals surface area contributed by atoms with Gasteiger partial charge in [-0.25, -0.2) is 4.98 Å². The molecule has 1 fully saturated rings. The van der Waals surface area contributed by atoms with Crippen molar-refractivity contribution in [1.29, 1.82) is 0 Å². The smallest absolute Gasteiger partial charge is 0.153 e. The predicted molar refractivity (Wildman–Crippen MR) is 230 cm³/mol. The molecular weight excluding hydrogens is 627 g/mol. The van der Waals surface area contributed by atoms with Crippen LogP contribution in [0, 0.1) is 0 Å². The number of nitrogens with zero attached hydrogens (tertiary/aromatic N) is 1. The summed E-state index contributed by atoms with van der Waals surface area (Å²) in [7, 11) is 2.03. The molecule has 1 heterocycles. The molecule has 0 radical (unpaired) electrons. The van der Waals surface area contributed by atoms with E-state index in [9.17, 15) is 4.79 Å². The summed E-state index contributed by atoms with van der Waals surface area (Å²) < 4.78 is 6.11. The van der Waals surface area contributed by atoms with Crippen molar-refractivity contribution in [3.8, 4) is 11.1 Å². The number of aldehydes is 1. The average molecular weight is 704 g/mol. The van der Waals surface area contributed by atoms with E-state index in [1.807, 2.05) is 61.6 Å². The highest BCUT2D eigenvalue weighted by Gasteiger charge is 2.26. The van der Waals surface area contributed by atoms with E-state index in [4.69, 9.17) is 10.5 Å². The van der Waals surface area contributed by atoms with Gasteiger partial charge in [0.25, 0.3) is 0 Å². The lowest BCUT2D eigenvalue weighted by molar-refractivity contribution is 0.0295. The van der Waals surface area contributed by atoms with Gasteiger partial charge < -0.3 is 15.8 Å². The summed E-state index contributed by atoms with van der Waals surface area (Å²) in [5, 5.41) is 3.37. The van der Waals surface area contributed by atoms with Crippen LogP contribution >= 0.6 is 0 Å². The summed E-state index contributed by atoms with van der Waals surface area (Å²) in [6.45, 7) is 29.2. The standard InChI is InChI=1S/C21H27NO.C11H12N2O.2C4H10.3C2H6/c1-3-16-7-11-18(12-8-16)19-13-9-17(10-14-19)15-23-21-6-4-5-20(21)22-2;1-3-8(4-2)9-5-10(7-14)11(12)13-6-9;2*1-3-4-2;3*1-2/h7-14,20-22H,3-6,15H2,1-2H3;3-7H,1H2,2H3,(H2,12,13);2*3-4H2,1-2H3;3*1-2H3/b;8-4+;;;;;/t20-,21?;;;;;;/m0....../s1. The highest BCUT2D eigenvalue weighted by molar-refractivity contribution is 5.85. The van der Waals surface area contributed by atoms with Crippen LogP contribution in [0.25, 0.3) is 16.7 Å². The van der Waals surface area contributed by atoms with Crippen LogP contribution in [0.15, 0.2) is 79.5 Å². The Balaban J connectivity index is -0.000000701. The number of anilines is 1. The van der Waals surface area contributed by atoms with Crippen molar-refractivity contribution in [1.82, 2.24) is 10.3 Å². The van der Waals surface area contributed by atoms with E-state index >= 15 is 0 Å². The maximum absolute atomic E-state index is 10.6. The monoisotopic (exact) mass is 704 g/mol. The first-order chi connectivity index (χ1) is 24.8. The van der Waals surface area contributed by atoms with Gasteiger partial charge in [0, 0.05) is 17.8 Å². The van der Waals surface area contributed by atoms with Crippen LogP contribution in [0.2, 0.25) is 0 Å². The molecule has 4 rings (SSSR count). The highest BCUT2D eigenvalue weighted by Crippen LogP contribution is 2.24. The summed E-state index contributed by atoms with van der Waals surface area (Å²) in [6.07, 6.45) is 16.3. The van der Waals surface area contributed by atoms with Gasteiger partial charge in [-0.15, -0.1) is 0 Å². The second kappa shape index (κ2) is 36.3. The lowest BCUT2D eigenvalue weighted by Crippen LogP contribution is -2.34. The van der Waals surface area contributed by atoms with Crippen molar-refractivity contribution in [2.75, 3.05) is 12.8 Å². The number of aromatic nitrogens is 1. The van der Waals surface area contributed by atoms with Crippen molar-refractivity contribution in [3.63, 3.8) is 0 Å². The van der Waals surface area contributed by atoms with E-state index in [1.54, 1.807) is 18.3 Å². The Morgan fingerprint density at radius 1 is 0.843 bits per heavy atom. The van der Waals surface area contributed by atoms with Crippen LogP contribution < -0.4 is 11.1 Å². The Labute approximate surface area is 315 Å². The first-order valence-corrected chi connectivity index (χ1v) is 19.8. The quantitative estimate of drug-likeness (QED) is 0.154. The topological polar surface area (TPSA) is 77.2 Å². The third-order valence-electron chi connectivity index (χ3n) is 7.88. The summed E-state index contributed by atoms with van der Waals surface area (Å²) >= 11 is 0. The van der Waals surface area contributed by atoms with Crippen LogP contribution in [0.3, 0.4) is 0 Å². The number of ether oxygens (including phenoxy) is 1. The minimum atomic E-state index is 0.253. The fourth-order valence-corrected chi connectivity index (χ4v) is 4.53. The fourth-order valence-electron chi connectivity index (χ4n) is 4.53. The number of aryl methyl sites for hydroxylation is 1. The Morgan fingerprint density at radius 2 is 1.33 bits per heavy atom. The number of nitrogens with one attached hydrogen (secondary N) is 1. The summed E-state index contributed by atoms with van der Waals surface area (Å²) in [4.78, 5) is 14.5. The number of rotatable bonds is 11. The molecule has 1 aliphatic rings. The van der Waals surface area contributed by atoms with Gasteiger partial charge in [0.2, 0.25) is 0 Å². The van der Waals surface area contributed by atoms with Gasteiger partial charge in [-0.05, 0) is 73.5 Å².